The van der Waals surface area contributed by atoms with Gasteiger partial charge in [0.15, 0.2) is 0 Å². The predicted octanol–water partition coefficient (Wildman–Crippen LogP) is 3.27. The van der Waals surface area contributed by atoms with Crippen molar-refractivity contribution in [2.24, 2.45) is 0 Å². The first-order valence-electron chi connectivity index (χ1n) is 3.97. The third-order valence-electron chi connectivity index (χ3n) is 1.85. The van der Waals surface area contributed by atoms with Crippen molar-refractivity contribution in [3.8, 4) is 0 Å². The second-order valence-corrected chi connectivity index (χ2v) is 9.87. The lowest BCUT2D eigenvalue weighted by atomic mass is 10.3. The standard InChI is InChI=1S/C9H11BrF2Si/c1-13(2,3)6-4-7(11)9(10)8(12)5-6/h4-5H,1-3H3. The summed E-state index contributed by atoms with van der Waals surface area (Å²) in [7, 11) is -1.62. The summed E-state index contributed by atoms with van der Waals surface area (Å²) in [5.74, 6) is -1.03. The van der Waals surface area contributed by atoms with Crippen LogP contribution < -0.4 is 5.19 Å². The van der Waals surface area contributed by atoms with E-state index in [0.29, 0.717) is 0 Å². The summed E-state index contributed by atoms with van der Waals surface area (Å²) in [6, 6.07) is 2.83. The van der Waals surface area contributed by atoms with Crippen LogP contribution in [0.25, 0.3) is 0 Å². The zero-order valence-electron chi connectivity index (χ0n) is 7.79. The predicted molar refractivity (Wildman–Crippen MR) is 57.0 cm³/mol. The van der Waals surface area contributed by atoms with Gasteiger partial charge in [-0.05, 0) is 28.1 Å². The molecule has 0 nitrogen and oxygen atoms in total. The maximum absolute atomic E-state index is 13.1. The van der Waals surface area contributed by atoms with E-state index in [2.05, 4.69) is 35.6 Å². The average molecular weight is 265 g/mol. The quantitative estimate of drug-likeness (QED) is 0.540. The van der Waals surface area contributed by atoms with Gasteiger partial charge >= 0.3 is 0 Å². The van der Waals surface area contributed by atoms with Gasteiger partial charge < -0.3 is 0 Å². The van der Waals surface area contributed by atoms with Crippen molar-refractivity contribution in [1.29, 1.82) is 0 Å². The molecule has 1 aromatic carbocycles. The maximum atomic E-state index is 13.1. The molecule has 0 radical (unpaired) electrons. The molecule has 0 saturated carbocycles. The van der Waals surface area contributed by atoms with Gasteiger partial charge in [-0.2, -0.15) is 0 Å². The van der Waals surface area contributed by atoms with Crippen LogP contribution in [0.3, 0.4) is 0 Å². The Labute approximate surface area is 86.1 Å². The minimum atomic E-state index is -1.62. The Morgan fingerprint density at radius 3 is 1.77 bits per heavy atom. The van der Waals surface area contributed by atoms with Gasteiger partial charge in [-0.1, -0.05) is 24.8 Å². The molecule has 0 spiro atoms. The fourth-order valence-electron chi connectivity index (χ4n) is 0.989. The summed E-state index contributed by atoms with van der Waals surface area (Å²) in [6.07, 6.45) is 0. The van der Waals surface area contributed by atoms with E-state index in [1.807, 2.05) is 0 Å². The van der Waals surface area contributed by atoms with Gasteiger partial charge in [-0.25, -0.2) is 8.78 Å². The summed E-state index contributed by atoms with van der Waals surface area (Å²) in [6.45, 7) is 6.15. The van der Waals surface area contributed by atoms with E-state index < -0.39 is 19.7 Å². The average Bonchev–Trinajstić information content (AvgIpc) is 1.97. The van der Waals surface area contributed by atoms with Crippen LogP contribution in [-0.2, 0) is 0 Å². The van der Waals surface area contributed by atoms with Crippen molar-refractivity contribution < 1.29 is 8.78 Å². The number of rotatable bonds is 1. The largest absolute Gasteiger partial charge is 0.206 e. The molecule has 13 heavy (non-hydrogen) atoms. The van der Waals surface area contributed by atoms with Gasteiger partial charge in [0.1, 0.15) is 11.6 Å². The summed E-state index contributed by atoms with van der Waals surface area (Å²) >= 11 is 2.85. The Morgan fingerprint density at radius 2 is 1.46 bits per heavy atom. The Hall–Kier alpha value is -0.223. The van der Waals surface area contributed by atoms with Crippen LogP contribution >= 0.6 is 15.9 Å². The Morgan fingerprint density at radius 1 is 1.08 bits per heavy atom. The van der Waals surface area contributed by atoms with Gasteiger partial charge in [0.25, 0.3) is 0 Å². The van der Waals surface area contributed by atoms with Crippen molar-refractivity contribution in [3.05, 3.63) is 28.2 Å². The van der Waals surface area contributed by atoms with Crippen LogP contribution in [-0.4, -0.2) is 8.07 Å². The Kier molecular flexibility index (Phi) is 2.92. The van der Waals surface area contributed by atoms with Crippen molar-refractivity contribution in [3.63, 3.8) is 0 Å². The van der Waals surface area contributed by atoms with E-state index in [9.17, 15) is 8.78 Å². The van der Waals surface area contributed by atoms with Crippen molar-refractivity contribution in [1.82, 2.24) is 0 Å². The van der Waals surface area contributed by atoms with E-state index in [-0.39, 0.29) is 4.47 Å². The van der Waals surface area contributed by atoms with Gasteiger partial charge in [0.2, 0.25) is 0 Å². The lowest BCUT2D eigenvalue weighted by Gasteiger charge is -2.16. The molecule has 0 aliphatic heterocycles. The van der Waals surface area contributed by atoms with Crippen LogP contribution in [0.4, 0.5) is 8.78 Å². The summed E-state index contributed by atoms with van der Waals surface area (Å²) in [5.41, 5.74) is 0. The van der Waals surface area contributed by atoms with Gasteiger partial charge in [0.05, 0.1) is 12.5 Å². The molecule has 0 aliphatic carbocycles. The number of benzene rings is 1. The van der Waals surface area contributed by atoms with Crippen LogP contribution in [0.15, 0.2) is 16.6 Å². The van der Waals surface area contributed by atoms with E-state index in [4.69, 9.17) is 0 Å². The highest BCUT2D eigenvalue weighted by molar-refractivity contribution is 9.10. The van der Waals surface area contributed by atoms with E-state index >= 15 is 0 Å². The number of hydrogen-bond acceptors (Lipinski definition) is 0. The molecule has 0 aromatic heterocycles. The third kappa shape index (κ3) is 2.37. The molecule has 0 aliphatic rings. The van der Waals surface area contributed by atoms with Crippen LogP contribution in [0.5, 0.6) is 0 Å². The zero-order chi connectivity index (χ0) is 10.2. The lowest BCUT2D eigenvalue weighted by molar-refractivity contribution is 0.573. The van der Waals surface area contributed by atoms with Gasteiger partial charge in [-0.15, -0.1) is 0 Å². The first-order chi connectivity index (χ1) is 5.82. The first kappa shape index (κ1) is 10.9. The first-order valence-corrected chi connectivity index (χ1v) is 8.26. The van der Waals surface area contributed by atoms with E-state index in [1.54, 1.807) is 0 Å². The molecule has 0 heterocycles. The third-order valence-corrected chi connectivity index (χ3v) is 4.63. The number of hydrogen-bond donors (Lipinski definition) is 0. The Balaban J connectivity index is 3.29. The second kappa shape index (κ2) is 3.50. The zero-order valence-corrected chi connectivity index (χ0v) is 10.4. The lowest BCUT2D eigenvalue weighted by Crippen LogP contribution is -2.38. The summed E-state index contributed by atoms with van der Waals surface area (Å²) < 4.78 is 26.1. The molecule has 4 heteroatoms. The SMILES string of the molecule is C[Si](C)(C)c1cc(F)c(Br)c(F)c1. The highest BCUT2D eigenvalue weighted by Crippen LogP contribution is 2.19. The molecule has 0 fully saturated rings. The molecule has 0 bridgehead atoms. The van der Waals surface area contributed by atoms with Crippen molar-refractivity contribution in [2.45, 2.75) is 19.6 Å². The molecule has 0 amide bonds. The maximum Gasteiger partial charge on any atom is 0.140 e. The molecule has 0 N–H and O–H groups in total. The number of halogens is 3. The van der Waals surface area contributed by atoms with E-state index in [0.717, 1.165) is 5.19 Å². The normalized spacial score (nSPS) is 11.8. The molecule has 0 unspecified atom stereocenters. The van der Waals surface area contributed by atoms with Crippen molar-refractivity contribution in [2.75, 3.05) is 0 Å². The van der Waals surface area contributed by atoms with Crippen LogP contribution in [0.2, 0.25) is 19.6 Å². The Bertz CT molecular complexity index is 308. The molecule has 1 aromatic rings. The summed E-state index contributed by atoms with van der Waals surface area (Å²) in [5, 5.41) is 0.797. The topological polar surface area (TPSA) is 0 Å². The minimum Gasteiger partial charge on any atom is -0.206 e. The smallest absolute Gasteiger partial charge is 0.140 e. The molecule has 0 atom stereocenters. The summed E-state index contributed by atoms with van der Waals surface area (Å²) in [4.78, 5) is 0. The highest BCUT2D eigenvalue weighted by Gasteiger charge is 2.19. The van der Waals surface area contributed by atoms with Gasteiger partial charge in [0, 0.05) is 0 Å². The minimum absolute atomic E-state index is 0.0745. The monoisotopic (exact) mass is 264 g/mol. The molecular formula is C9H11BrF2Si. The second-order valence-electron chi connectivity index (χ2n) is 4.00. The fourth-order valence-corrected chi connectivity index (χ4v) is 2.34. The fraction of sp³-hybridized carbons (Fsp3) is 0.333. The van der Waals surface area contributed by atoms with Crippen molar-refractivity contribution >= 4 is 29.2 Å². The van der Waals surface area contributed by atoms with Crippen LogP contribution in [0.1, 0.15) is 0 Å². The van der Waals surface area contributed by atoms with E-state index in [1.165, 1.54) is 12.1 Å². The van der Waals surface area contributed by atoms with Crippen LogP contribution in [0, 0.1) is 11.6 Å². The molecule has 72 valence electrons. The molecule has 0 saturated heterocycles. The highest BCUT2D eigenvalue weighted by atomic mass is 79.9. The molecular weight excluding hydrogens is 254 g/mol. The molecule has 1 rings (SSSR count). The van der Waals surface area contributed by atoms with Gasteiger partial charge in [-0.3, -0.25) is 0 Å².